The molecule has 0 radical (unpaired) electrons. The number of nitrogens with zero attached hydrogens (tertiary/aromatic N) is 2. The molecule has 1 N–H and O–H groups in total. The summed E-state index contributed by atoms with van der Waals surface area (Å²) in [6, 6.07) is 11.2. The second kappa shape index (κ2) is 7.61. The topological polar surface area (TPSA) is 55.6 Å². The maximum absolute atomic E-state index is 13.1. The molecule has 5 nitrogen and oxygen atoms in total. The highest BCUT2D eigenvalue weighted by atomic mass is 35.5. The first-order chi connectivity index (χ1) is 13.5. The molecule has 1 amide bonds. The monoisotopic (exact) mass is 415 g/mol. The summed E-state index contributed by atoms with van der Waals surface area (Å²) in [4.78, 5) is 17.8. The first kappa shape index (κ1) is 18.5. The largest absolute Gasteiger partial charge is 0.495 e. The smallest absolute Gasteiger partial charge is 0.230 e. The zero-order chi connectivity index (χ0) is 19.7. The van der Waals surface area contributed by atoms with Crippen molar-refractivity contribution in [2.24, 2.45) is 0 Å². The number of thiazole rings is 1. The molecule has 4 rings (SSSR count). The highest BCUT2D eigenvalue weighted by Crippen LogP contribution is 2.28. The fourth-order valence-corrected chi connectivity index (χ4v) is 3.96. The highest BCUT2D eigenvalue weighted by Gasteiger charge is 2.13. The summed E-state index contributed by atoms with van der Waals surface area (Å²) < 4.78 is 20.1. The van der Waals surface area contributed by atoms with Crippen LogP contribution in [0.1, 0.15) is 5.69 Å². The molecular weight excluding hydrogens is 401 g/mol. The number of rotatable bonds is 5. The van der Waals surface area contributed by atoms with Crippen LogP contribution in [-0.2, 0) is 11.2 Å². The number of carbonyl (C=O) groups excluding carboxylic acids is 1. The number of benzene rings is 2. The number of hydrogen-bond acceptors (Lipinski definition) is 4. The minimum atomic E-state index is -0.291. The van der Waals surface area contributed by atoms with Crippen LogP contribution in [0.4, 0.5) is 10.1 Å². The molecule has 0 bridgehead atoms. The standard InChI is InChI=1S/C20H15ClFN3O2S/c1-27-18-7-6-14(8-16(18)21)23-19(26)9-15-11-28-20-24-17(10-25(15)20)12-2-4-13(22)5-3-12/h2-8,10-11H,9H2,1H3,(H,23,26). The molecule has 0 aliphatic rings. The minimum Gasteiger partial charge on any atom is -0.495 e. The average molecular weight is 416 g/mol. The molecule has 2 heterocycles. The van der Waals surface area contributed by atoms with Gasteiger partial charge in [0.05, 0.1) is 24.2 Å². The Morgan fingerprint density at radius 2 is 2.07 bits per heavy atom. The third-order valence-corrected chi connectivity index (χ3v) is 5.38. The van der Waals surface area contributed by atoms with Crippen LogP contribution in [0.15, 0.2) is 54.0 Å². The Hall–Kier alpha value is -2.90. The van der Waals surface area contributed by atoms with E-state index in [-0.39, 0.29) is 18.1 Å². The molecule has 0 spiro atoms. The van der Waals surface area contributed by atoms with Gasteiger partial charge < -0.3 is 10.1 Å². The van der Waals surface area contributed by atoms with Crippen molar-refractivity contribution in [3.05, 3.63) is 70.6 Å². The number of ether oxygens (including phenoxy) is 1. The van der Waals surface area contributed by atoms with Crippen molar-refractivity contribution in [2.75, 3.05) is 12.4 Å². The second-order valence-electron chi connectivity index (χ2n) is 6.09. The van der Waals surface area contributed by atoms with E-state index in [4.69, 9.17) is 16.3 Å². The zero-order valence-electron chi connectivity index (χ0n) is 14.8. The lowest BCUT2D eigenvalue weighted by molar-refractivity contribution is -0.115. The number of hydrogen-bond donors (Lipinski definition) is 1. The van der Waals surface area contributed by atoms with Crippen LogP contribution in [-0.4, -0.2) is 22.4 Å². The number of fused-ring (bicyclic) bond motifs is 1. The molecule has 0 aliphatic carbocycles. The number of aromatic nitrogens is 2. The molecule has 2 aromatic heterocycles. The average Bonchev–Trinajstić information content (AvgIpc) is 3.24. The lowest BCUT2D eigenvalue weighted by Crippen LogP contribution is -2.15. The molecular formula is C20H15ClFN3O2S. The molecule has 0 fully saturated rings. The fourth-order valence-electron chi connectivity index (χ4n) is 2.83. The number of anilines is 1. The van der Waals surface area contributed by atoms with E-state index < -0.39 is 0 Å². The third-order valence-electron chi connectivity index (χ3n) is 4.20. The number of amides is 1. The van der Waals surface area contributed by atoms with Crippen LogP contribution in [0.25, 0.3) is 16.2 Å². The van der Waals surface area contributed by atoms with Crippen molar-refractivity contribution in [1.82, 2.24) is 9.38 Å². The van der Waals surface area contributed by atoms with E-state index in [1.807, 2.05) is 16.0 Å². The third kappa shape index (κ3) is 3.72. The Balaban J connectivity index is 1.52. The van der Waals surface area contributed by atoms with Gasteiger partial charge in [-0.15, -0.1) is 11.3 Å². The van der Waals surface area contributed by atoms with E-state index in [2.05, 4.69) is 10.3 Å². The summed E-state index contributed by atoms with van der Waals surface area (Å²) in [7, 11) is 1.53. The second-order valence-corrected chi connectivity index (χ2v) is 7.33. The van der Waals surface area contributed by atoms with Gasteiger partial charge in [-0.1, -0.05) is 11.6 Å². The number of methoxy groups -OCH3 is 1. The van der Waals surface area contributed by atoms with Crippen molar-refractivity contribution < 1.29 is 13.9 Å². The summed E-state index contributed by atoms with van der Waals surface area (Å²) in [5.41, 5.74) is 2.97. The van der Waals surface area contributed by atoms with Gasteiger partial charge >= 0.3 is 0 Å². The SMILES string of the molecule is COc1ccc(NC(=O)Cc2csc3nc(-c4ccc(F)cc4)cn23)cc1Cl. The van der Waals surface area contributed by atoms with Crippen LogP contribution in [0.3, 0.4) is 0 Å². The van der Waals surface area contributed by atoms with Crippen molar-refractivity contribution in [2.45, 2.75) is 6.42 Å². The van der Waals surface area contributed by atoms with E-state index in [9.17, 15) is 9.18 Å². The van der Waals surface area contributed by atoms with Gasteiger partial charge in [-0.25, -0.2) is 9.37 Å². The van der Waals surface area contributed by atoms with Crippen LogP contribution in [0, 0.1) is 5.82 Å². The quantitative estimate of drug-likeness (QED) is 0.496. The lowest BCUT2D eigenvalue weighted by Gasteiger charge is -2.08. The van der Waals surface area contributed by atoms with E-state index in [0.29, 0.717) is 16.5 Å². The van der Waals surface area contributed by atoms with E-state index in [0.717, 1.165) is 21.9 Å². The van der Waals surface area contributed by atoms with Gasteiger partial charge in [0.1, 0.15) is 11.6 Å². The van der Waals surface area contributed by atoms with Gasteiger partial charge in [0.15, 0.2) is 4.96 Å². The van der Waals surface area contributed by atoms with Gasteiger partial charge in [0, 0.05) is 28.5 Å². The molecule has 28 heavy (non-hydrogen) atoms. The molecule has 2 aromatic carbocycles. The molecule has 142 valence electrons. The van der Waals surface area contributed by atoms with E-state index >= 15 is 0 Å². The summed E-state index contributed by atoms with van der Waals surface area (Å²) in [6.45, 7) is 0. The molecule has 0 saturated heterocycles. The Labute approximate surface area is 169 Å². The highest BCUT2D eigenvalue weighted by molar-refractivity contribution is 7.15. The maximum Gasteiger partial charge on any atom is 0.230 e. The van der Waals surface area contributed by atoms with Crippen molar-refractivity contribution in [1.29, 1.82) is 0 Å². The number of nitrogens with one attached hydrogen (secondary N) is 1. The Bertz CT molecular complexity index is 1150. The van der Waals surface area contributed by atoms with Crippen LogP contribution in [0.2, 0.25) is 5.02 Å². The normalized spacial score (nSPS) is 11.0. The predicted octanol–water partition coefficient (Wildman–Crippen LogP) is 5.05. The number of carbonyl (C=O) groups is 1. The number of imidazole rings is 1. The maximum atomic E-state index is 13.1. The first-order valence-corrected chi connectivity index (χ1v) is 9.64. The summed E-state index contributed by atoms with van der Waals surface area (Å²) >= 11 is 7.54. The summed E-state index contributed by atoms with van der Waals surface area (Å²) in [6.07, 6.45) is 2.04. The Morgan fingerprint density at radius 1 is 1.29 bits per heavy atom. The predicted molar refractivity (Wildman–Crippen MR) is 109 cm³/mol. The fraction of sp³-hybridized carbons (Fsp3) is 0.100. The Kier molecular flexibility index (Phi) is 5.02. The number of halogens is 2. The molecule has 0 atom stereocenters. The van der Waals surface area contributed by atoms with Crippen LogP contribution in [0.5, 0.6) is 5.75 Å². The van der Waals surface area contributed by atoms with Gasteiger partial charge in [-0.2, -0.15) is 0 Å². The molecule has 0 saturated carbocycles. The van der Waals surface area contributed by atoms with Gasteiger partial charge in [0.25, 0.3) is 0 Å². The molecule has 8 heteroatoms. The first-order valence-electron chi connectivity index (χ1n) is 8.38. The van der Waals surface area contributed by atoms with E-state index in [1.54, 1.807) is 30.3 Å². The van der Waals surface area contributed by atoms with Crippen LogP contribution < -0.4 is 10.1 Å². The van der Waals surface area contributed by atoms with E-state index in [1.165, 1.54) is 30.6 Å². The van der Waals surface area contributed by atoms with Crippen molar-refractivity contribution in [3.8, 4) is 17.0 Å². The van der Waals surface area contributed by atoms with Crippen molar-refractivity contribution in [3.63, 3.8) is 0 Å². The van der Waals surface area contributed by atoms with Gasteiger partial charge in [0.2, 0.25) is 5.91 Å². The summed E-state index contributed by atoms with van der Waals surface area (Å²) in [5, 5.41) is 5.16. The van der Waals surface area contributed by atoms with Crippen LogP contribution >= 0.6 is 22.9 Å². The zero-order valence-corrected chi connectivity index (χ0v) is 16.4. The molecule has 4 aromatic rings. The Morgan fingerprint density at radius 3 is 2.79 bits per heavy atom. The lowest BCUT2D eigenvalue weighted by atomic mass is 10.2. The van der Waals surface area contributed by atoms with Gasteiger partial charge in [-0.05, 0) is 42.5 Å². The minimum absolute atomic E-state index is 0.169. The van der Waals surface area contributed by atoms with Crippen molar-refractivity contribution >= 4 is 39.5 Å². The molecule has 0 unspecified atom stereocenters. The summed E-state index contributed by atoms with van der Waals surface area (Å²) in [5.74, 6) is 0.0877. The molecule has 0 aliphatic heterocycles. The van der Waals surface area contributed by atoms with Gasteiger partial charge in [-0.3, -0.25) is 9.20 Å².